The van der Waals surface area contributed by atoms with E-state index in [4.69, 9.17) is 0 Å². The second kappa shape index (κ2) is 11.1. The SMILES string of the molecule is CN=C(NCCNC(=O)C(C)C)NC1CC(C)CC(C)C1.I. The molecule has 1 fully saturated rings. The lowest BCUT2D eigenvalue weighted by atomic mass is 9.80. The van der Waals surface area contributed by atoms with E-state index in [0.717, 1.165) is 17.8 Å². The highest BCUT2D eigenvalue weighted by Crippen LogP contribution is 2.28. The van der Waals surface area contributed by atoms with Crippen molar-refractivity contribution in [2.24, 2.45) is 22.7 Å². The summed E-state index contributed by atoms with van der Waals surface area (Å²) in [5.74, 6) is 2.51. The molecule has 0 aliphatic heterocycles. The minimum Gasteiger partial charge on any atom is -0.355 e. The quantitative estimate of drug-likeness (QED) is 0.275. The molecule has 0 radical (unpaired) electrons. The van der Waals surface area contributed by atoms with Gasteiger partial charge in [0.25, 0.3) is 0 Å². The first-order valence-corrected chi connectivity index (χ1v) is 8.17. The number of carbonyl (C=O) groups is 1. The zero-order valence-corrected chi connectivity index (χ0v) is 16.9. The van der Waals surface area contributed by atoms with Crippen LogP contribution in [-0.4, -0.2) is 38.0 Å². The Kier molecular flexibility index (Phi) is 10.8. The van der Waals surface area contributed by atoms with Crippen LogP contribution in [0, 0.1) is 17.8 Å². The van der Waals surface area contributed by atoms with Gasteiger partial charge >= 0.3 is 0 Å². The van der Waals surface area contributed by atoms with Gasteiger partial charge < -0.3 is 16.0 Å². The summed E-state index contributed by atoms with van der Waals surface area (Å²) in [4.78, 5) is 15.7. The Balaban J connectivity index is 0.00000441. The van der Waals surface area contributed by atoms with Gasteiger partial charge in [0, 0.05) is 32.1 Å². The number of halogens is 1. The van der Waals surface area contributed by atoms with Crippen molar-refractivity contribution in [3.63, 3.8) is 0 Å². The molecular weight excluding hydrogens is 391 g/mol. The zero-order valence-electron chi connectivity index (χ0n) is 14.6. The Hall–Kier alpha value is -0.530. The molecule has 1 rings (SSSR count). The standard InChI is InChI=1S/C16H32N4O.HI/c1-11(2)15(21)18-6-7-19-16(17-5)20-14-9-12(3)8-13(4)10-14;/h11-14H,6-10H2,1-5H3,(H,18,21)(H2,17,19,20);1H. The van der Waals surface area contributed by atoms with Crippen LogP contribution in [0.1, 0.15) is 47.0 Å². The van der Waals surface area contributed by atoms with Gasteiger partial charge in [-0.1, -0.05) is 27.7 Å². The molecule has 2 unspecified atom stereocenters. The smallest absolute Gasteiger partial charge is 0.222 e. The fourth-order valence-corrected chi connectivity index (χ4v) is 3.02. The summed E-state index contributed by atoms with van der Waals surface area (Å²) in [7, 11) is 1.79. The molecular formula is C16H33IN4O. The summed E-state index contributed by atoms with van der Waals surface area (Å²) in [6, 6.07) is 0.500. The molecule has 0 aromatic carbocycles. The van der Waals surface area contributed by atoms with Crippen LogP contribution in [0.15, 0.2) is 4.99 Å². The van der Waals surface area contributed by atoms with Crippen LogP contribution >= 0.6 is 24.0 Å². The van der Waals surface area contributed by atoms with Crippen molar-refractivity contribution in [2.45, 2.75) is 53.0 Å². The van der Waals surface area contributed by atoms with Gasteiger partial charge in [0.15, 0.2) is 5.96 Å². The maximum atomic E-state index is 11.5. The Morgan fingerprint density at radius 3 is 2.14 bits per heavy atom. The number of amides is 1. The van der Waals surface area contributed by atoms with Crippen LogP contribution in [-0.2, 0) is 4.79 Å². The Bertz CT molecular complexity index is 350. The number of hydrogen-bond acceptors (Lipinski definition) is 2. The van der Waals surface area contributed by atoms with Gasteiger partial charge in [-0.15, -0.1) is 24.0 Å². The van der Waals surface area contributed by atoms with Gasteiger partial charge in [-0.2, -0.15) is 0 Å². The molecule has 130 valence electrons. The lowest BCUT2D eigenvalue weighted by Gasteiger charge is -2.32. The van der Waals surface area contributed by atoms with Crippen LogP contribution < -0.4 is 16.0 Å². The molecule has 0 bridgehead atoms. The maximum absolute atomic E-state index is 11.5. The van der Waals surface area contributed by atoms with Crippen molar-refractivity contribution in [2.75, 3.05) is 20.1 Å². The van der Waals surface area contributed by atoms with Gasteiger partial charge in [-0.25, -0.2) is 0 Å². The van der Waals surface area contributed by atoms with Crippen molar-refractivity contribution in [3.05, 3.63) is 0 Å². The maximum Gasteiger partial charge on any atom is 0.222 e. The van der Waals surface area contributed by atoms with Crippen molar-refractivity contribution < 1.29 is 4.79 Å². The average Bonchev–Trinajstić information content (AvgIpc) is 2.40. The predicted molar refractivity (Wildman–Crippen MR) is 104 cm³/mol. The van der Waals surface area contributed by atoms with E-state index in [9.17, 15) is 4.79 Å². The normalized spacial score (nSPS) is 25.4. The van der Waals surface area contributed by atoms with Crippen LogP contribution in [0.3, 0.4) is 0 Å². The number of nitrogens with one attached hydrogen (secondary N) is 3. The van der Waals surface area contributed by atoms with Gasteiger partial charge in [0.1, 0.15) is 0 Å². The molecule has 0 aromatic heterocycles. The summed E-state index contributed by atoms with van der Waals surface area (Å²) in [5.41, 5.74) is 0. The lowest BCUT2D eigenvalue weighted by molar-refractivity contribution is -0.123. The monoisotopic (exact) mass is 424 g/mol. The Morgan fingerprint density at radius 2 is 1.64 bits per heavy atom. The fourth-order valence-electron chi connectivity index (χ4n) is 3.02. The first kappa shape index (κ1) is 21.5. The minimum atomic E-state index is 0. The first-order valence-electron chi connectivity index (χ1n) is 8.17. The number of carbonyl (C=O) groups excluding carboxylic acids is 1. The number of guanidine groups is 1. The second-order valence-electron chi connectivity index (χ2n) is 6.70. The molecule has 0 aromatic rings. The van der Waals surface area contributed by atoms with E-state index >= 15 is 0 Å². The van der Waals surface area contributed by atoms with Crippen molar-refractivity contribution >= 4 is 35.8 Å². The molecule has 3 N–H and O–H groups in total. The summed E-state index contributed by atoms with van der Waals surface area (Å²) >= 11 is 0. The van der Waals surface area contributed by atoms with Crippen molar-refractivity contribution in [1.29, 1.82) is 0 Å². The van der Waals surface area contributed by atoms with E-state index in [-0.39, 0.29) is 35.8 Å². The summed E-state index contributed by atoms with van der Waals surface area (Å²) in [6.45, 7) is 9.75. The van der Waals surface area contributed by atoms with Crippen molar-refractivity contribution in [1.82, 2.24) is 16.0 Å². The lowest BCUT2D eigenvalue weighted by Crippen LogP contribution is -2.48. The third-order valence-electron chi connectivity index (χ3n) is 3.98. The zero-order chi connectivity index (χ0) is 15.8. The van der Waals surface area contributed by atoms with Gasteiger partial charge in [-0.05, 0) is 31.1 Å². The third kappa shape index (κ3) is 8.19. The second-order valence-corrected chi connectivity index (χ2v) is 6.70. The number of hydrogen-bond donors (Lipinski definition) is 3. The highest BCUT2D eigenvalue weighted by Gasteiger charge is 2.24. The number of rotatable bonds is 5. The van der Waals surface area contributed by atoms with Crippen LogP contribution in [0.5, 0.6) is 0 Å². The van der Waals surface area contributed by atoms with Crippen LogP contribution in [0.25, 0.3) is 0 Å². The summed E-state index contributed by atoms with van der Waals surface area (Å²) in [6.07, 6.45) is 3.73. The van der Waals surface area contributed by atoms with E-state index in [2.05, 4.69) is 34.8 Å². The van der Waals surface area contributed by atoms with Gasteiger partial charge in [-0.3, -0.25) is 9.79 Å². The third-order valence-corrected chi connectivity index (χ3v) is 3.98. The van der Waals surface area contributed by atoms with Gasteiger partial charge in [0.05, 0.1) is 0 Å². The molecule has 1 amide bonds. The molecule has 22 heavy (non-hydrogen) atoms. The van der Waals surface area contributed by atoms with Gasteiger partial charge in [0.2, 0.25) is 5.91 Å². The Morgan fingerprint density at radius 1 is 1.09 bits per heavy atom. The molecule has 0 saturated heterocycles. The first-order chi connectivity index (χ1) is 9.92. The van der Waals surface area contributed by atoms with Crippen molar-refractivity contribution in [3.8, 4) is 0 Å². The van der Waals surface area contributed by atoms with E-state index in [1.165, 1.54) is 19.3 Å². The van der Waals surface area contributed by atoms with Crippen LogP contribution in [0.4, 0.5) is 0 Å². The Labute approximate surface area is 152 Å². The van der Waals surface area contributed by atoms with E-state index in [0.29, 0.717) is 19.1 Å². The molecule has 6 heteroatoms. The molecule has 1 aliphatic carbocycles. The average molecular weight is 424 g/mol. The molecule has 1 saturated carbocycles. The largest absolute Gasteiger partial charge is 0.355 e. The number of nitrogens with zero attached hydrogens (tertiary/aromatic N) is 1. The molecule has 5 nitrogen and oxygen atoms in total. The molecule has 0 spiro atoms. The topological polar surface area (TPSA) is 65.5 Å². The minimum absolute atomic E-state index is 0. The summed E-state index contributed by atoms with van der Waals surface area (Å²) in [5, 5.41) is 9.66. The molecule has 1 aliphatic rings. The van der Waals surface area contributed by atoms with E-state index < -0.39 is 0 Å². The predicted octanol–water partition coefficient (Wildman–Crippen LogP) is 2.37. The van der Waals surface area contributed by atoms with E-state index in [1.54, 1.807) is 7.05 Å². The number of aliphatic imine (C=N–C) groups is 1. The molecule has 2 atom stereocenters. The van der Waals surface area contributed by atoms with E-state index in [1.807, 2.05) is 13.8 Å². The molecule has 0 heterocycles. The van der Waals surface area contributed by atoms with Crippen LogP contribution in [0.2, 0.25) is 0 Å². The summed E-state index contributed by atoms with van der Waals surface area (Å²) < 4.78 is 0. The fraction of sp³-hybridized carbons (Fsp3) is 0.875. The highest BCUT2D eigenvalue weighted by atomic mass is 127. The highest BCUT2D eigenvalue weighted by molar-refractivity contribution is 14.0.